The van der Waals surface area contributed by atoms with E-state index in [0.29, 0.717) is 6.10 Å². The van der Waals surface area contributed by atoms with Gasteiger partial charge in [-0.25, -0.2) is 0 Å². The van der Waals surface area contributed by atoms with Crippen LogP contribution in [0.15, 0.2) is 12.1 Å². The number of carbonyl (C=O) groups excluding carboxylic acids is 1. The molecule has 0 aliphatic heterocycles. The molecule has 15 heavy (non-hydrogen) atoms. The monoisotopic (exact) mass is 224 g/mol. The maximum Gasteiger partial charge on any atom is 0.198 e. The Morgan fingerprint density at radius 3 is 2.87 bits per heavy atom. The van der Waals surface area contributed by atoms with Crippen LogP contribution >= 0.6 is 11.3 Å². The third-order valence-electron chi connectivity index (χ3n) is 2.79. The highest BCUT2D eigenvalue weighted by atomic mass is 32.1. The summed E-state index contributed by atoms with van der Waals surface area (Å²) in [6.07, 6.45) is 4.84. The van der Waals surface area contributed by atoms with Gasteiger partial charge in [0.25, 0.3) is 0 Å². The number of ether oxygens (including phenoxy) is 1. The molecule has 0 radical (unpaired) electrons. The number of thiophene rings is 1. The van der Waals surface area contributed by atoms with Crippen molar-refractivity contribution in [2.24, 2.45) is 0 Å². The fourth-order valence-electron chi connectivity index (χ4n) is 1.52. The van der Waals surface area contributed by atoms with Crippen molar-refractivity contribution in [3.63, 3.8) is 0 Å². The lowest BCUT2D eigenvalue weighted by molar-refractivity contribution is 0.00748. The number of hydrogen-bond acceptors (Lipinski definition) is 3. The molecule has 1 aromatic heterocycles. The third-order valence-corrected chi connectivity index (χ3v) is 4.06. The largest absolute Gasteiger partial charge is 0.370 e. The van der Waals surface area contributed by atoms with E-state index in [4.69, 9.17) is 4.74 Å². The Kier molecular flexibility index (Phi) is 3.54. The smallest absolute Gasteiger partial charge is 0.198 e. The molecule has 0 saturated heterocycles. The van der Waals surface area contributed by atoms with Gasteiger partial charge >= 0.3 is 0 Å². The van der Waals surface area contributed by atoms with Gasteiger partial charge in [-0.3, -0.25) is 4.79 Å². The predicted molar refractivity (Wildman–Crippen MR) is 61.6 cm³/mol. The predicted octanol–water partition coefficient (Wildman–Crippen LogP) is 3.06. The van der Waals surface area contributed by atoms with Gasteiger partial charge in [-0.05, 0) is 37.8 Å². The minimum atomic E-state index is 0.131. The van der Waals surface area contributed by atoms with E-state index in [-0.39, 0.29) is 12.4 Å². The van der Waals surface area contributed by atoms with Crippen molar-refractivity contribution in [1.29, 1.82) is 0 Å². The van der Waals surface area contributed by atoms with Crippen LogP contribution < -0.4 is 0 Å². The highest BCUT2D eigenvalue weighted by Crippen LogP contribution is 2.23. The Labute approximate surface area is 94.3 Å². The van der Waals surface area contributed by atoms with Crippen LogP contribution in [0.25, 0.3) is 0 Å². The van der Waals surface area contributed by atoms with Crippen molar-refractivity contribution in [2.45, 2.75) is 38.7 Å². The lowest BCUT2D eigenvalue weighted by Crippen LogP contribution is -2.24. The van der Waals surface area contributed by atoms with Gasteiger partial charge in [0.1, 0.15) is 6.61 Å². The first kappa shape index (κ1) is 10.8. The maximum absolute atomic E-state index is 11.7. The van der Waals surface area contributed by atoms with Crippen LogP contribution in [0.2, 0.25) is 0 Å². The Balaban J connectivity index is 1.83. The van der Waals surface area contributed by atoms with Crippen LogP contribution in [0, 0.1) is 0 Å². The van der Waals surface area contributed by atoms with E-state index in [2.05, 4.69) is 6.92 Å². The van der Waals surface area contributed by atoms with Gasteiger partial charge in [0.2, 0.25) is 0 Å². The SMILES string of the molecule is CCc1ccc(C(=O)COC2CCC2)s1. The zero-order valence-electron chi connectivity index (χ0n) is 8.99. The number of carbonyl (C=O) groups is 1. The van der Waals surface area contributed by atoms with E-state index >= 15 is 0 Å². The average molecular weight is 224 g/mol. The number of ketones is 1. The summed E-state index contributed by atoms with van der Waals surface area (Å²) in [6.45, 7) is 2.36. The van der Waals surface area contributed by atoms with E-state index in [9.17, 15) is 4.79 Å². The van der Waals surface area contributed by atoms with Gasteiger partial charge in [0, 0.05) is 4.88 Å². The number of aryl methyl sites for hydroxylation is 1. The van der Waals surface area contributed by atoms with Crippen molar-refractivity contribution in [1.82, 2.24) is 0 Å². The zero-order valence-corrected chi connectivity index (χ0v) is 9.81. The highest BCUT2D eigenvalue weighted by molar-refractivity contribution is 7.14. The van der Waals surface area contributed by atoms with Gasteiger partial charge in [0.15, 0.2) is 5.78 Å². The van der Waals surface area contributed by atoms with Crippen molar-refractivity contribution < 1.29 is 9.53 Å². The molecule has 1 heterocycles. The number of rotatable bonds is 5. The van der Waals surface area contributed by atoms with Crippen molar-refractivity contribution >= 4 is 17.1 Å². The number of hydrogen-bond donors (Lipinski definition) is 0. The molecule has 1 fully saturated rings. The zero-order chi connectivity index (χ0) is 10.7. The Morgan fingerprint density at radius 2 is 2.33 bits per heavy atom. The van der Waals surface area contributed by atoms with Crippen LogP contribution in [0.1, 0.15) is 40.7 Å². The Hall–Kier alpha value is -0.670. The fraction of sp³-hybridized carbons (Fsp3) is 0.583. The van der Waals surface area contributed by atoms with Gasteiger partial charge in [-0.2, -0.15) is 0 Å². The van der Waals surface area contributed by atoms with E-state index < -0.39 is 0 Å². The summed E-state index contributed by atoms with van der Waals surface area (Å²) in [4.78, 5) is 13.8. The average Bonchev–Trinajstić information content (AvgIpc) is 2.63. The molecule has 3 heteroatoms. The summed E-state index contributed by atoms with van der Waals surface area (Å²) >= 11 is 1.59. The number of Topliss-reactive ketones (excluding diaryl/α,β-unsaturated/α-hetero) is 1. The molecule has 0 bridgehead atoms. The van der Waals surface area contributed by atoms with Crippen LogP contribution in [0.4, 0.5) is 0 Å². The second-order valence-corrected chi connectivity index (χ2v) is 5.07. The summed E-state index contributed by atoms with van der Waals surface area (Å²) in [5, 5.41) is 0. The molecule has 0 N–H and O–H groups in total. The Bertz CT molecular complexity index is 339. The molecule has 1 saturated carbocycles. The summed E-state index contributed by atoms with van der Waals surface area (Å²) in [6, 6.07) is 3.94. The lowest BCUT2D eigenvalue weighted by Gasteiger charge is -2.24. The second kappa shape index (κ2) is 4.90. The topological polar surface area (TPSA) is 26.3 Å². The molecule has 0 amide bonds. The van der Waals surface area contributed by atoms with E-state index in [0.717, 1.165) is 24.1 Å². The molecule has 0 unspecified atom stereocenters. The molecule has 2 nitrogen and oxygen atoms in total. The van der Waals surface area contributed by atoms with Gasteiger partial charge in [0.05, 0.1) is 11.0 Å². The highest BCUT2D eigenvalue weighted by Gasteiger charge is 2.19. The Morgan fingerprint density at radius 1 is 1.53 bits per heavy atom. The first-order valence-electron chi connectivity index (χ1n) is 5.53. The maximum atomic E-state index is 11.7. The molecule has 2 rings (SSSR count). The summed E-state index contributed by atoms with van der Waals surface area (Å²) in [5.41, 5.74) is 0. The molecule has 0 spiro atoms. The normalized spacial score (nSPS) is 16.3. The van der Waals surface area contributed by atoms with Gasteiger partial charge < -0.3 is 4.74 Å². The van der Waals surface area contributed by atoms with Crippen molar-refractivity contribution in [3.8, 4) is 0 Å². The van der Waals surface area contributed by atoms with Crippen LogP contribution in [-0.2, 0) is 11.2 Å². The molecule has 0 atom stereocenters. The van der Waals surface area contributed by atoms with E-state index in [1.807, 2.05) is 12.1 Å². The first-order valence-corrected chi connectivity index (χ1v) is 6.34. The lowest BCUT2D eigenvalue weighted by atomic mass is 9.96. The standard InChI is InChI=1S/C12H16O2S/c1-2-10-6-7-12(15-10)11(13)8-14-9-4-3-5-9/h6-7,9H,2-5,8H2,1H3. The molecular formula is C12H16O2S. The van der Waals surface area contributed by atoms with Crippen LogP contribution in [0.5, 0.6) is 0 Å². The summed E-state index contributed by atoms with van der Waals surface area (Å²) < 4.78 is 5.49. The molecule has 1 aliphatic rings. The van der Waals surface area contributed by atoms with Crippen molar-refractivity contribution in [2.75, 3.05) is 6.61 Å². The second-order valence-electron chi connectivity index (χ2n) is 3.91. The molecule has 1 aromatic rings. The van der Waals surface area contributed by atoms with Crippen molar-refractivity contribution in [3.05, 3.63) is 21.9 Å². The summed E-state index contributed by atoms with van der Waals surface area (Å²) in [5.74, 6) is 0.131. The van der Waals surface area contributed by atoms with E-state index in [1.165, 1.54) is 11.3 Å². The van der Waals surface area contributed by atoms with Gasteiger partial charge in [-0.1, -0.05) is 6.92 Å². The van der Waals surface area contributed by atoms with E-state index in [1.54, 1.807) is 11.3 Å². The molecule has 1 aliphatic carbocycles. The minimum absolute atomic E-state index is 0.131. The molecule has 0 aromatic carbocycles. The van der Waals surface area contributed by atoms with Crippen LogP contribution in [-0.4, -0.2) is 18.5 Å². The third kappa shape index (κ3) is 2.67. The first-order chi connectivity index (χ1) is 7.29. The molecular weight excluding hydrogens is 208 g/mol. The molecule has 82 valence electrons. The quantitative estimate of drug-likeness (QED) is 0.718. The van der Waals surface area contributed by atoms with Crippen LogP contribution in [0.3, 0.4) is 0 Å². The van der Waals surface area contributed by atoms with Gasteiger partial charge in [-0.15, -0.1) is 11.3 Å². The fourth-order valence-corrected chi connectivity index (χ4v) is 2.39. The summed E-state index contributed by atoms with van der Waals surface area (Å²) in [7, 11) is 0. The minimum Gasteiger partial charge on any atom is -0.370 e.